The molecule has 0 aliphatic rings. The monoisotopic (exact) mass is 270 g/mol. The van der Waals surface area contributed by atoms with Crippen molar-refractivity contribution in [2.45, 2.75) is 6.37 Å². The van der Waals surface area contributed by atoms with E-state index in [0.29, 0.717) is 0 Å². The average Bonchev–Trinajstić information content (AvgIpc) is 2.22. The number of benzene rings is 1. The minimum Gasteiger partial charge on any atom is -0.0924 e. The molecule has 0 atom stereocenters. The normalized spacial score (nSPS) is 24.2. The molecule has 0 saturated carbocycles. The van der Waals surface area contributed by atoms with Crippen LogP contribution in [0.3, 0.4) is 0 Å². The van der Waals surface area contributed by atoms with E-state index in [2.05, 4.69) is 31.9 Å². The Morgan fingerprint density at radius 2 is 2.00 bits per heavy atom. The lowest BCUT2D eigenvalue weighted by Gasteiger charge is -1.95. The average molecular weight is 272 g/mol. The van der Waals surface area contributed by atoms with Gasteiger partial charge >= 0.3 is 0 Å². The van der Waals surface area contributed by atoms with Crippen LogP contribution in [-0.4, -0.2) is 5.28 Å². The van der Waals surface area contributed by atoms with E-state index in [-0.39, 0.29) is 4.47 Å². The summed E-state index contributed by atoms with van der Waals surface area (Å²) in [5.41, 5.74) is -0.609. The molecule has 0 heterocycles. The molecule has 0 nitrogen and oxygen atoms in total. The minimum absolute atomic E-state index is 0.0767. The molecule has 1 aromatic carbocycles. The first-order valence-corrected chi connectivity index (χ1v) is 3.96. The first kappa shape index (κ1) is 2.60. The van der Waals surface area contributed by atoms with Crippen molar-refractivity contribution in [3.63, 3.8) is 0 Å². The molecule has 0 aliphatic heterocycles. The van der Waals surface area contributed by atoms with Crippen molar-refractivity contribution in [1.29, 1.82) is 0 Å². The second kappa shape index (κ2) is 4.14. The van der Waals surface area contributed by atoms with E-state index in [9.17, 15) is 0 Å². The van der Waals surface area contributed by atoms with E-state index >= 15 is 0 Å². The van der Waals surface area contributed by atoms with Gasteiger partial charge in [0.2, 0.25) is 0 Å². The molecular formula is C8H8Br2. The maximum absolute atomic E-state index is 7.69. The van der Waals surface area contributed by atoms with Crippen molar-refractivity contribution < 1.29 is 11.0 Å². The van der Waals surface area contributed by atoms with Crippen molar-refractivity contribution in [2.24, 2.45) is 0 Å². The molecule has 1 aromatic rings. The van der Waals surface area contributed by atoms with Crippen molar-refractivity contribution in [3.05, 3.63) is 34.2 Å². The molecule has 0 aromatic heterocycles. The van der Waals surface area contributed by atoms with Gasteiger partial charge in [0.25, 0.3) is 0 Å². The van der Waals surface area contributed by atoms with E-state index in [1.807, 2.05) is 0 Å². The summed E-state index contributed by atoms with van der Waals surface area (Å²) in [7, 11) is 0. The molecule has 10 heavy (non-hydrogen) atoms. The van der Waals surface area contributed by atoms with Crippen LogP contribution in [0.2, 0.25) is 0 Å². The van der Waals surface area contributed by atoms with Gasteiger partial charge in [-0.2, -0.15) is 0 Å². The number of alkyl halides is 1. The second-order valence-electron chi connectivity index (χ2n) is 1.41. The van der Waals surface area contributed by atoms with Gasteiger partial charge in [0, 0.05) is 15.2 Å². The molecule has 2 heteroatoms. The Kier molecular flexibility index (Phi) is 1.07. The Bertz CT molecular complexity index is 464. The molecule has 0 spiro atoms. The number of rotatable bonds is 2. The fourth-order valence-electron chi connectivity index (χ4n) is 0.407. The van der Waals surface area contributed by atoms with Crippen molar-refractivity contribution in [1.82, 2.24) is 0 Å². The van der Waals surface area contributed by atoms with Gasteiger partial charge in [-0.1, -0.05) is 43.9 Å². The molecule has 0 N–H and O–H groups in total. The van der Waals surface area contributed by atoms with Crippen LogP contribution < -0.4 is 0 Å². The van der Waals surface area contributed by atoms with E-state index in [0.717, 1.165) is 0 Å². The van der Waals surface area contributed by atoms with Crippen LogP contribution in [0, 0.1) is 0 Å². The molecule has 0 aliphatic carbocycles. The topological polar surface area (TPSA) is 0 Å². The third-order valence-corrected chi connectivity index (χ3v) is 1.36. The highest BCUT2D eigenvalue weighted by Crippen LogP contribution is 2.11. The molecular weight excluding hydrogens is 256 g/mol. The van der Waals surface area contributed by atoms with Crippen LogP contribution in [0.4, 0.5) is 0 Å². The van der Waals surface area contributed by atoms with Crippen molar-refractivity contribution >= 4 is 31.9 Å². The van der Waals surface area contributed by atoms with Gasteiger partial charge in [-0.3, -0.25) is 0 Å². The van der Waals surface area contributed by atoms with E-state index in [1.54, 1.807) is 0 Å². The lowest BCUT2D eigenvalue weighted by molar-refractivity contribution is 1.17. The Morgan fingerprint density at radius 1 is 1.40 bits per heavy atom. The summed E-state index contributed by atoms with van der Waals surface area (Å²) in [6.45, 7) is 0. The first-order chi connectivity index (χ1) is 7.93. The second-order valence-corrected chi connectivity index (χ2v) is 2.60. The van der Waals surface area contributed by atoms with Gasteiger partial charge in [0.05, 0.1) is 5.48 Å². The number of halogens is 2. The summed E-state index contributed by atoms with van der Waals surface area (Å²) < 4.78 is 60.5. The van der Waals surface area contributed by atoms with Crippen LogP contribution in [0.1, 0.15) is 16.5 Å². The third-order valence-electron chi connectivity index (χ3n) is 0.767. The fourth-order valence-corrected chi connectivity index (χ4v) is 0.803. The van der Waals surface area contributed by atoms with Crippen LogP contribution >= 0.6 is 31.9 Å². The Hall–Kier alpha value is 0.180. The fraction of sp³-hybridized carbons (Fsp3) is 0.250. The van der Waals surface area contributed by atoms with E-state index < -0.39 is 41.4 Å². The standard InChI is InChI=1S/C8H8Br2/c9-6-5-7-1-3-8(10)4-2-7/h1-4H,5-6H2/i1D,2D,3D,4D,5D2,6D2. The number of hydrogen-bond acceptors (Lipinski definition) is 0. The van der Waals surface area contributed by atoms with Crippen LogP contribution in [0.5, 0.6) is 0 Å². The summed E-state index contributed by atoms with van der Waals surface area (Å²) in [5.74, 6) is 0. The Balaban J connectivity index is 3.72. The van der Waals surface area contributed by atoms with Crippen LogP contribution in [0.15, 0.2) is 28.6 Å². The molecule has 54 valence electrons. The zero-order valence-electron chi connectivity index (χ0n) is 12.8. The lowest BCUT2D eigenvalue weighted by atomic mass is 10.2. The summed E-state index contributed by atoms with van der Waals surface area (Å²) in [4.78, 5) is 0. The molecule has 0 radical (unpaired) electrons. The molecule has 0 unspecified atom stereocenters. The van der Waals surface area contributed by atoms with Crippen LogP contribution in [0.25, 0.3) is 0 Å². The van der Waals surface area contributed by atoms with Gasteiger partial charge in [0.1, 0.15) is 0 Å². The largest absolute Gasteiger partial charge is 0.0924 e. The number of hydrogen-bond donors (Lipinski definition) is 0. The zero-order valence-corrected chi connectivity index (χ0v) is 7.93. The highest BCUT2D eigenvalue weighted by atomic mass is 79.9. The predicted molar refractivity (Wildman–Crippen MR) is 51.6 cm³/mol. The summed E-state index contributed by atoms with van der Waals surface area (Å²) in [6, 6.07) is -2.08. The Labute approximate surface area is 89.1 Å². The summed E-state index contributed by atoms with van der Waals surface area (Å²) in [5, 5.41) is -2.52. The SMILES string of the molecule is [2H]c1c([2H])c(C([2H])([2H])C([2H])([2H])Br)c([2H])c([2H])c1Br. The molecule has 1 rings (SSSR count). The van der Waals surface area contributed by atoms with Gasteiger partial charge in [-0.25, -0.2) is 0 Å². The first-order valence-electron chi connectivity index (χ1n) is 6.38. The van der Waals surface area contributed by atoms with Gasteiger partial charge < -0.3 is 0 Å². The van der Waals surface area contributed by atoms with Crippen LogP contribution in [-0.2, 0) is 6.37 Å². The maximum atomic E-state index is 7.69. The predicted octanol–water partition coefficient (Wildman–Crippen LogP) is 3.39. The maximum Gasteiger partial charge on any atom is 0.0635 e. The highest BCUT2D eigenvalue weighted by molar-refractivity contribution is 9.10. The lowest BCUT2D eigenvalue weighted by Crippen LogP contribution is -1.83. The van der Waals surface area contributed by atoms with Crippen molar-refractivity contribution in [3.8, 4) is 0 Å². The Morgan fingerprint density at radius 3 is 2.50 bits per heavy atom. The van der Waals surface area contributed by atoms with Crippen molar-refractivity contribution in [2.75, 3.05) is 5.28 Å². The molecule has 0 bridgehead atoms. The van der Waals surface area contributed by atoms with Gasteiger partial charge in [-0.15, -0.1) is 0 Å². The zero-order chi connectivity index (χ0) is 14.5. The molecule has 0 saturated heterocycles. The van der Waals surface area contributed by atoms with Gasteiger partial charge in [0.15, 0.2) is 0 Å². The van der Waals surface area contributed by atoms with Gasteiger partial charge in [-0.05, 0) is 24.0 Å². The third kappa shape index (κ3) is 2.43. The summed E-state index contributed by atoms with van der Waals surface area (Å²) >= 11 is 5.42. The summed E-state index contributed by atoms with van der Waals surface area (Å²) in [6.07, 6.45) is -2.70. The smallest absolute Gasteiger partial charge is 0.0635 e. The minimum atomic E-state index is -2.70. The highest BCUT2D eigenvalue weighted by Gasteiger charge is 1.89. The molecule has 0 amide bonds. The van der Waals surface area contributed by atoms with E-state index in [1.165, 1.54) is 0 Å². The molecule has 0 fully saturated rings. The van der Waals surface area contributed by atoms with E-state index in [4.69, 9.17) is 11.0 Å². The quantitative estimate of drug-likeness (QED) is 0.724.